The van der Waals surface area contributed by atoms with Gasteiger partial charge in [0.15, 0.2) is 0 Å². The SMILES string of the molecule is CCOC(=O)c1cccnc1C[C@@H](NS(=O)(=O)c1ccccc1)c1ccccc1. The molecule has 0 aliphatic carbocycles. The van der Waals surface area contributed by atoms with Gasteiger partial charge in [0.2, 0.25) is 10.0 Å². The van der Waals surface area contributed by atoms with E-state index < -0.39 is 22.0 Å². The summed E-state index contributed by atoms with van der Waals surface area (Å²) in [6.45, 7) is 1.98. The molecule has 1 heterocycles. The smallest absolute Gasteiger partial charge is 0.339 e. The van der Waals surface area contributed by atoms with Gasteiger partial charge in [-0.15, -0.1) is 0 Å². The number of rotatable bonds is 8. The van der Waals surface area contributed by atoms with Gasteiger partial charge in [0.25, 0.3) is 0 Å². The Bertz CT molecular complexity index is 1050. The number of nitrogens with zero attached hydrogens (tertiary/aromatic N) is 1. The molecule has 3 rings (SSSR count). The average molecular weight is 410 g/mol. The first-order valence-electron chi connectivity index (χ1n) is 9.24. The third-order valence-corrected chi connectivity index (χ3v) is 5.82. The number of esters is 1. The maximum Gasteiger partial charge on any atom is 0.339 e. The van der Waals surface area contributed by atoms with Gasteiger partial charge in [0, 0.05) is 12.6 Å². The molecule has 0 saturated carbocycles. The molecular weight excluding hydrogens is 388 g/mol. The molecule has 6 nitrogen and oxygen atoms in total. The van der Waals surface area contributed by atoms with Crippen molar-refractivity contribution in [3.8, 4) is 0 Å². The van der Waals surface area contributed by atoms with Crippen molar-refractivity contribution in [2.45, 2.75) is 24.3 Å². The van der Waals surface area contributed by atoms with E-state index in [0.29, 0.717) is 11.3 Å². The van der Waals surface area contributed by atoms with E-state index in [1.54, 1.807) is 43.5 Å². The summed E-state index contributed by atoms with van der Waals surface area (Å²) in [6.07, 6.45) is 1.77. The molecule has 3 aromatic rings. The highest BCUT2D eigenvalue weighted by molar-refractivity contribution is 7.89. The number of carbonyl (C=O) groups excluding carboxylic acids is 1. The highest BCUT2D eigenvalue weighted by Gasteiger charge is 2.24. The van der Waals surface area contributed by atoms with Gasteiger partial charge in [0.1, 0.15) is 0 Å². The molecule has 0 radical (unpaired) electrons. The number of aromatic nitrogens is 1. The predicted molar refractivity (Wildman–Crippen MR) is 110 cm³/mol. The average Bonchev–Trinajstić information content (AvgIpc) is 2.75. The fourth-order valence-electron chi connectivity index (χ4n) is 2.96. The van der Waals surface area contributed by atoms with Crippen molar-refractivity contribution in [2.24, 2.45) is 0 Å². The van der Waals surface area contributed by atoms with Gasteiger partial charge in [-0.1, -0.05) is 48.5 Å². The molecule has 29 heavy (non-hydrogen) atoms. The van der Waals surface area contributed by atoms with Crippen molar-refractivity contribution in [3.63, 3.8) is 0 Å². The topological polar surface area (TPSA) is 85.4 Å². The van der Waals surface area contributed by atoms with Gasteiger partial charge in [-0.2, -0.15) is 0 Å². The van der Waals surface area contributed by atoms with Gasteiger partial charge in [-0.05, 0) is 36.8 Å². The van der Waals surface area contributed by atoms with Crippen LogP contribution in [0.4, 0.5) is 0 Å². The van der Waals surface area contributed by atoms with Gasteiger partial charge < -0.3 is 4.74 Å². The van der Waals surface area contributed by atoms with Crippen molar-refractivity contribution in [1.29, 1.82) is 0 Å². The first kappa shape index (κ1) is 20.7. The third kappa shape index (κ3) is 5.28. The summed E-state index contributed by atoms with van der Waals surface area (Å²) in [4.78, 5) is 16.8. The summed E-state index contributed by atoms with van der Waals surface area (Å²) in [5.41, 5.74) is 1.57. The number of nitrogens with one attached hydrogen (secondary N) is 1. The Labute approximate surface area is 170 Å². The number of ether oxygens (including phenoxy) is 1. The minimum absolute atomic E-state index is 0.174. The van der Waals surface area contributed by atoms with Crippen LogP contribution in [0.3, 0.4) is 0 Å². The molecule has 0 amide bonds. The van der Waals surface area contributed by atoms with Gasteiger partial charge >= 0.3 is 5.97 Å². The Balaban J connectivity index is 1.96. The van der Waals surface area contributed by atoms with Crippen LogP contribution in [-0.2, 0) is 21.2 Å². The fraction of sp³-hybridized carbons (Fsp3) is 0.182. The minimum atomic E-state index is -3.77. The zero-order valence-corrected chi connectivity index (χ0v) is 16.8. The van der Waals surface area contributed by atoms with Crippen LogP contribution in [0.1, 0.15) is 34.6 Å². The van der Waals surface area contributed by atoms with Crippen LogP contribution in [-0.4, -0.2) is 26.0 Å². The number of hydrogen-bond donors (Lipinski definition) is 1. The quantitative estimate of drug-likeness (QED) is 0.574. The van der Waals surface area contributed by atoms with E-state index in [4.69, 9.17) is 4.74 Å². The number of benzene rings is 2. The minimum Gasteiger partial charge on any atom is -0.462 e. The number of pyridine rings is 1. The highest BCUT2D eigenvalue weighted by Crippen LogP contribution is 2.23. The molecule has 0 aliphatic rings. The van der Waals surface area contributed by atoms with Crippen LogP contribution >= 0.6 is 0 Å². The van der Waals surface area contributed by atoms with Crippen LogP contribution in [0, 0.1) is 0 Å². The molecular formula is C22H22N2O4S. The van der Waals surface area contributed by atoms with Crippen LogP contribution < -0.4 is 4.72 Å². The molecule has 150 valence electrons. The lowest BCUT2D eigenvalue weighted by Gasteiger charge is -2.20. The maximum atomic E-state index is 12.9. The molecule has 0 saturated heterocycles. The van der Waals surface area contributed by atoms with Crippen LogP contribution in [0.2, 0.25) is 0 Å². The summed E-state index contributed by atoms with van der Waals surface area (Å²) in [5, 5.41) is 0. The van der Waals surface area contributed by atoms with E-state index in [1.165, 1.54) is 12.1 Å². The largest absolute Gasteiger partial charge is 0.462 e. The lowest BCUT2D eigenvalue weighted by Crippen LogP contribution is -2.30. The maximum absolute atomic E-state index is 12.9. The molecule has 0 fully saturated rings. The Morgan fingerprint density at radius 3 is 2.31 bits per heavy atom. The monoisotopic (exact) mass is 410 g/mol. The van der Waals surface area contributed by atoms with Crippen molar-refractivity contribution < 1.29 is 17.9 Å². The van der Waals surface area contributed by atoms with E-state index in [9.17, 15) is 13.2 Å². The number of hydrogen-bond acceptors (Lipinski definition) is 5. The highest BCUT2D eigenvalue weighted by atomic mass is 32.2. The Hall–Kier alpha value is -3.03. The Morgan fingerprint density at radius 1 is 1.00 bits per heavy atom. The standard InChI is InChI=1S/C22H22N2O4S/c1-2-28-22(25)19-14-9-15-23-21(19)16-20(17-10-5-3-6-11-17)24-29(26,27)18-12-7-4-8-13-18/h3-15,20,24H,2,16H2,1H3/t20-/m1/s1. The number of carbonyl (C=O) groups is 1. The molecule has 0 spiro atoms. The summed E-state index contributed by atoms with van der Waals surface area (Å²) < 4.78 is 33.7. The summed E-state index contributed by atoms with van der Waals surface area (Å²) >= 11 is 0. The third-order valence-electron chi connectivity index (χ3n) is 4.34. The summed E-state index contributed by atoms with van der Waals surface area (Å²) in [7, 11) is -3.77. The van der Waals surface area contributed by atoms with E-state index >= 15 is 0 Å². The molecule has 1 aromatic heterocycles. The van der Waals surface area contributed by atoms with Crippen LogP contribution in [0.5, 0.6) is 0 Å². The van der Waals surface area contributed by atoms with E-state index in [1.807, 2.05) is 30.3 Å². The lowest BCUT2D eigenvalue weighted by molar-refractivity contribution is 0.0524. The molecule has 0 aliphatic heterocycles. The van der Waals surface area contributed by atoms with Gasteiger partial charge in [0.05, 0.1) is 28.8 Å². The Morgan fingerprint density at radius 2 is 1.66 bits per heavy atom. The van der Waals surface area contributed by atoms with E-state index in [0.717, 1.165) is 5.56 Å². The van der Waals surface area contributed by atoms with Crippen molar-refractivity contribution in [2.75, 3.05) is 6.61 Å². The molecule has 0 unspecified atom stereocenters. The van der Waals surface area contributed by atoms with Crippen LogP contribution in [0.25, 0.3) is 0 Å². The zero-order valence-electron chi connectivity index (χ0n) is 16.0. The van der Waals surface area contributed by atoms with E-state index in [-0.39, 0.29) is 17.9 Å². The Kier molecular flexibility index (Phi) is 6.74. The van der Waals surface area contributed by atoms with Crippen LogP contribution in [0.15, 0.2) is 83.9 Å². The number of sulfonamides is 1. The van der Waals surface area contributed by atoms with Gasteiger partial charge in [-0.3, -0.25) is 4.98 Å². The summed E-state index contributed by atoms with van der Waals surface area (Å²) in [5.74, 6) is -0.478. The first-order valence-corrected chi connectivity index (χ1v) is 10.7. The molecule has 0 bridgehead atoms. The molecule has 1 N–H and O–H groups in total. The second-order valence-corrected chi connectivity index (χ2v) is 8.03. The van der Waals surface area contributed by atoms with Crippen molar-refractivity contribution >= 4 is 16.0 Å². The summed E-state index contributed by atoms with van der Waals surface area (Å²) in [6, 6.07) is 20.1. The van der Waals surface area contributed by atoms with Crippen molar-refractivity contribution in [1.82, 2.24) is 9.71 Å². The zero-order chi connectivity index (χ0) is 20.7. The lowest BCUT2D eigenvalue weighted by atomic mass is 10.0. The van der Waals surface area contributed by atoms with Gasteiger partial charge in [-0.25, -0.2) is 17.9 Å². The van der Waals surface area contributed by atoms with Crippen molar-refractivity contribution in [3.05, 3.63) is 95.8 Å². The second kappa shape index (κ2) is 9.45. The fourth-order valence-corrected chi connectivity index (χ4v) is 4.20. The molecule has 7 heteroatoms. The normalized spacial score (nSPS) is 12.3. The molecule has 1 atom stereocenters. The molecule has 2 aromatic carbocycles. The first-order chi connectivity index (χ1) is 14.0. The second-order valence-electron chi connectivity index (χ2n) is 6.32. The van der Waals surface area contributed by atoms with E-state index in [2.05, 4.69) is 9.71 Å². The predicted octanol–water partition coefficient (Wildman–Crippen LogP) is 3.52.